The highest BCUT2D eigenvalue weighted by Gasteiger charge is 2.06. The van der Waals surface area contributed by atoms with Crippen molar-refractivity contribution in [2.24, 2.45) is 0 Å². The van der Waals surface area contributed by atoms with Gasteiger partial charge in [0.2, 0.25) is 0 Å². The Morgan fingerprint density at radius 1 is 1.21 bits per heavy atom. The molecular weight excluding hydrogens is 306 g/mol. The number of imidazole rings is 1. The molecule has 0 aliphatic heterocycles. The van der Waals surface area contributed by atoms with Crippen LogP contribution in [0.1, 0.15) is 22.5 Å². The lowest BCUT2D eigenvalue weighted by molar-refractivity contribution is 0.0951. The normalized spacial score (nSPS) is 10.7. The van der Waals surface area contributed by atoms with Crippen molar-refractivity contribution in [2.75, 3.05) is 13.2 Å². The van der Waals surface area contributed by atoms with Gasteiger partial charge in [-0.25, -0.2) is 4.98 Å². The highest BCUT2D eigenvalue weighted by Crippen LogP contribution is 2.14. The molecule has 2 aromatic heterocycles. The number of hydrogen-bond donors (Lipinski definition) is 2. The Labute approximate surface area is 139 Å². The number of ether oxygens (including phenoxy) is 1. The third kappa shape index (κ3) is 3.91. The van der Waals surface area contributed by atoms with E-state index in [9.17, 15) is 4.79 Å². The fourth-order valence-electron chi connectivity index (χ4n) is 2.30. The van der Waals surface area contributed by atoms with Crippen LogP contribution in [0.25, 0.3) is 5.65 Å². The average molecular weight is 325 g/mol. The van der Waals surface area contributed by atoms with Crippen molar-refractivity contribution in [1.82, 2.24) is 14.7 Å². The Morgan fingerprint density at radius 3 is 2.79 bits per heavy atom. The molecule has 0 radical (unpaired) electrons. The molecule has 0 spiro atoms. The number of carbonyl (C=O) groups is 1. The van der Waals surface area contributed by atoms with Gasteiger partial charge in [-0.05, 0) is 42.8 Å². The number of pyridine rings is 1. The van der Waals surface area contributed by atoms with Gasteiger partial charge in [0.05, 0.1) is 5.69 Å². The van der Waals surface area contributed by atoms with E-state index in [0.29, 0.717) is 30.9 Å². The number of rotatable bonds is 7. The number of nitrogens with one attached hydrogen (secondary N) is 1. The van der Waals surface area contributed by atoms with Crippen molar-refractivity contribution in [3.05, 3.63) is 66.1 Å². The molecule has 1 amide bonds. The molecule has 3 aromatic rings. The summed E-state index contributed by atoms with van der Waals surface area (Å²) in [5.74, 6) is 0.523. The van der Waals surface area contributed by atoms with E-state index in [1.165, 1.54) is 0 Å². The quantitative estimate of drug-likeness (QED) is 0.652. The average Bonchev–Trinajstić information content (AvgIpc) is 3.03. The molecule has 2 heterocycles. The molecule has 6 nitrogen and oxygen atoms in total. The molecule has 0 bridgehead atoms. The van der Waals surface area contributed by atoms with E-state index in [1.54, 1.807) is 24.3 Å². The number of benzene rings is 1. The summed E-state index contributed by atoms with van der Waals surface area (Å²) in [6.45, 7) is 0.890. The van der Waals surface area contributed by atoms with Crippen molar-refractivity contribution in [2.45, 2.75) is 13.0 Å². The zero-order chi connectivity index (χ0) is 16.8. The highest BCUT2D eigenvalue weighted by molar-refractivity contribution is 5.94. The van der Waals surface area contributed by atoms with Crippen LogP contribution in [0.15, 0.2) is 54.9 Å². The van der Waals surface area contributed by atoms with Gasteiger partial charge in [0.1, 0.15) is 18.0 Å². The zero-order valence-electron chi connectivity index (χ0n) is 13.2. The van der Waals surface area contributed by atoms with E-state index in [0.717, 1.165) is 11.3 Å². The zero-order valence-corrected chi connectivity index (χ0v) is 13.2. The lowest BCUT2D eigenvalue weighted by Crippen LogP contribution is -2.24. The van der Waals surface area contributed by atoms with E-state index in [-0.39, 0.29) is 12.5 Å². The Bertz CT molecular complexity index is 779. The molecule has 0 atom stereocenters. The molecule has 0 aliphatic carbocycles. The minimum absolute atomic E-state index is 0.0656. The van der Waals surface area contributed by atoms with Crippen LogP contribution in [0.2, 0.25) is 0 Å². The molecular formula is C18H19N3O3. The van der Waals surface area contributed by atoms with Crippen LogP contribution in [0.3, 0.4) is 0 Å². The second-order valence-corrected chi connectivity index (χ2v) is 5.34. The molecule has 0 saturated heterocycles. The van der Waals surface area contributed by atoms with Crippen molar-refractivity contribution in [3.63, 3.8) is 0 Å². The van der Waals surface area contributed by atoms with Crippen LogP contribution in [-0.4, -0.2) is 33.6 Å². The van der Waals surface area contributed by atoms with E-state index >= 15 is 0 Å². The van der Waals surface area contributed by atoms with E-state index < -0.39 is 0 Å². The summed E-state index contributed by atoms with van der Waals surface area (Å²) >= 11 is 0. The number of carbonyl (C=O) groups excluding carboxylic acids is 1. The van der Waals surface area contributed by atoms with Crippen molar-refractivity contribution in [1.29, 1.82) is 0 Å². The van der Waals surface area contributed by atoms with Gasteiger partial charge in [0.15, 0.2) is 0 Å². The van der Waals surface area contributed by atoms with Crippen LogP contribution >= 0.6 is 0 Å². The van der Waals surface area contributed by atoms with Crippen LogP contribution in [0, 0.1) is 0 Å². The minimum Gasteiger partial charge on any atom is -0.487 e. The summed E-state index contributed by atoms with van der Waals surface area (Å²) in [6, 6.07) is 12.8. The molecule has 0 saturated carbocycles. The lowest BCUT2D eigenvalue weighted by Gasteiger charge is -2.06. The van der Waals surface area contributed by atoms with Crippen molar-refractivity contribution in [3.8, 4) is 5.75 Å². The van der Waals surface area contributed by atoms with E-state index in [1.807, 2.05) is 35.0 Å². The molecule has 6 heteroatoms. The number of aromatic nitrogens is 2. The molecule has 24 heavy (non-hydrogen) atoms. The SMILES string of the molecule is O=C(NCCCO)c1ccc(OCc2cn3ccccc3n2)cc1. The van der Waals surface area contributed by atoms with E-state index in [2.05, 4.69) is 10.3 Å². The van der Waals surface area contributed by atoms with Gasteiger partial charge in [0.25, 0.3) is 5.91 Å². The number of hydrogen-bond acceptors (Lipinski definition) is 4. The third-order valence-electron chi connectivity index (χ3n) is 3.54. The standard InChI is InChI=1S/C18H19N3O3/c22-11-3-9-19-18(23)14-5-7-16(8-6-14)24-13-15-12-21-10-2-1-4-17(21)20-15/h1-2,4-8,10,12,22H,3,9,11,13H2,(H,19,23). The summed E-state index contributed by atoms with van der Waals surface area (Å²) in [6.07, 6.45) is 4.42. The Morgan fingerprint density at radius 2 is 2.04 bits per heavy atom. The predicted molar refractivity (Wildman–Crippen MR) is 90.0 cm³/mol. The maximum Gasteiger partial charge on any atom is 0.251 e. The highest BCUT2D eigenvalue weighted by atomic mass is 16.5. The van der Waals surface area contributed by atoms with Gasteiger partial charge in [-0.3, -0.25) is 4.79 Å². The fourth-order valence-corrected chi connectivity index (χ4v) is 2.30. The maximum absolute atomic E-state index is 11.9. The van der Waals surface area contributed by atoms with Gasteiger partial charge in [-0.1, -0.05) is 6.07 Å². The number of fused-ring (bicyclic) bond motifs is 1. The second kappa shape index (κ2) is 7.61. The van der Waals surface area contributed by atoms with Crippen molar-refractivity contribution >= 4 is 11.6 Å². The second-order valence-electron chi connectivity index (χ2n) is 5.34. The van der Waals surface area contributed by atoms with Gasteiger partial charge in [-0.15, -0.1) is 0 Å². The Kier molecular flexibility index (Phi) is 5.08. The summed E-state index contributed by atoms with van der Waals surface area (Å²) in [5, 5.41) is 11.5. The Balaban J connectivity index is 1.56. The third-order valence-corrected chi connectivity index (χ3v) is 3.54. The predicted octanol–water partition coefficient (Wildman–Crippen LogP) is 2.03. The molecule has 2 N–H and O–H groups in total. The van der Waals surface area contributed by atoms with Crippen molar-refractivity contribution < 1.29 is 14.6 Å². The molecule has 0 fully saturated rings. The molecule has 0 unspecified atom stereocenters. The molecule has 0 aliphatic rings. The smallest absolute Gasteiger partial charge is 0.251 e. The summed E-state index contributed by atoms with van der Waals surface area (Å²) in [5.41, 5.74) is 2.28. The first-order valence-corrected chi connectivity index (χ1v) is 7.81. The summed E-state index contributed by atoms with van der Waals surface area (Å²) in [4.78, 5) is 16.3. The number of aliphatic hydroxyl groups excluding tert-OH is 1. The van der Waals surface area contributed by atoms with E-state index in [4.69, 9.17) is 9.84 Å². The lowest BCUT2D eigenvalue weighted by atomic mass is 10.2. The minimum atomic E-state index is -0.157. The topological polar surface area (TPSA) is 75.9 Å². The first kappa shape index (κ1) is 16.0. The van der Waals surface area contributed by atoms with Crippen LogP contribution < -0.4 is 10.1 Å². The molecule has 1 aromatic carbocycles. The first-order chi connectivity index (χ1) is 11.8. The number of amides is 1. The van der Waals surface area contributed by atoms with Gasteiger partial charge in [-0.2, -0.15) is 0 Å². The monoisotopic (exact) mass is 325 g/mol. The van der Waals surface area contributed by atoms with Crippen LogP contribution in [0.5, 0.6) is 5.75 Å². The largest absolute Gasteiger partial charge is 0.487 e. The van der Waals surface area contributed by atoms with Gasteiger partial charge in [0, 0.05) is 31.1 Å². The first-order valence-electron chi connectivity index (χ1n) is 7.81. The Hall–Kier alpha value is -2.86. The van der Waals surface area contributed by atoms with Crippen LogP contribution in [0.4, 0.5) is 0 Å². The molecule has 3 rings (SSSR count). The fraction of sp³-hybridized carbons (Fsp3) is 0.222. The van der Waals surface area contributed by atoms with Gasteiger partial charge >= 0.3 is 0 Å². The number of nitrogens with zero attached hydrogens (tertiary/aromatic N) is 2. The summed E-state index contributed by atoms with van der Waals surface area (Å²) in [7, 11) is 0. The number of aliphatic hydroxyl groups is 1. The van der Waals surface area contributed by atoms with Crippen LogP contribution in [-0.2, 0) is 6.61 Å². The summed E-state index contributed by atoms with van der Waals surface area (Å²) < 4.78 is 7.66. The molecule has 124 valence electrons. The maximum atomic E-state index is 11.9. The van der Waals surface area contributed by atoms with Gasteiger partial charge < -0.3 is 19.6 Å².